The Morgan fingerprint density at radius 1 is 1.00 bits per heavy atom. The molecule has 2 unspecified atom stereocenters. The minimum Gasteiger partial charge on any atom is -0.330 e. The molecule has 2 nitrogen and oxygen atoms in total. The zero-order chi connectivity index (χ0) is 6.69. The summed E-state index contributed by atoms with van der Waals surface area (Å²) in [6, 6.07) is 0. The van der Waals surface area contributed by atoms with Crippen molar-refractivity contribution < 1.29 is 0 Å². The van der Waals surface area contributed by atoms with E-state index in [1.165, 1.54) is 19.3 Å². The highest BCUT2D eigenvalue weighted by molar-refractivity contribution is 4.78. The third-order valence-corrected chi connectivity index (χ3v) is 2.42. The fraction of sp³-hybridized carbons (Fsp3) is 1.00. The summed E-state index contributed by atoms with van der Waals surface area (Å²) in [6.45, 7) is 1.67. The average Bonchev–Trinajstić information content (AvgIpc) is 2.33. The van der Waals surface area contributed by atoms with E-state index >= 15 is 0 Å². The van der Waals surface area contributed by atoms with Crippen molar-refractivity contribution in [2.45, 2.75) is 19.3 Å². The minimum absolute atomic E-state index is 0.731. The van der Waals surface area contributed by atoms with Gasteiger partial charge in [0.1, 0.15) is 0 Å². The highest BCUT2D eigenvalue weighted by atomic mass is 14.6. The normalized spacial score (nSPS) is 35.3. The molecule has 0 aliphatic heterocycles. The lowest BCUT2D eigenvalue weighted by atomic mass is 9.97. The van der Waals surface area contributed by atoms with Crippen LogP contribution in [0.4, 0.5) is 0 Å². The molecule has 1 saturated carbocycles. The molecule has 2 atom stereocenters. The Morgan fingerprint density at radius 3 is 1.78 bits per heavy atom. The SMILES string of the molecule is NCC1CCCC1CN. The van der Waals surface area contributed by atoms with E-state index < -0.39 is 0 Å². The topological polar surface area (TPSA) is 52.0 Å². The van der Waals surface area contributed by atoms with Crippen LogP contribution < -0.4 is 11.5 Å². The van der Waals surface area contributed by atoms with Crippen LogP contribution in [0.3, 0.4) is 0 Å². The van der Waals surface area contributed by atoms with Gasteiger partial charge in [-0.15, -0.1) is 0 Å². The number of hydrogen-bond acceptors (Lipinski definition) is 2. The molecular weight excluding hydrogens is 112 g/mol. The third-order valence-electron chi connectivity index (χ3n) is 2.42. The van der Waals surface area contributed by atoms with Crippen molar-refractivity contribution in [2.75, 3.05) is 13.1 Å². The van der Waals surface area contributed by atoms with Crippen LogP contribution in [-0.4, -0.2) is 13.1 Å². The van der Waals surface area contributed by atoms with E-state index in [0.29, 0.717) is 0 Å². The van der Waals surface area contributed by atoms with Gasteiger partial charge in [-0.25, -0.2) is 0 Å². The smallest absolute Gasteiger partial charge is 0.00457 e. The molecule has 0 aromatic heterocycles. The number of hydrogen-bond donors (Lipinski definition) is 2. The van der Waals surface area contributed by atoms with Gasteiger partial charge >= 0.3 is 0 Å². The first-order valence-electron chi connectivity index (χ1n) is 3.78. The van der Waals surface area contributed by atoms with Gasteiger partial charge in [-0.3, -0.25) is 0 Å². The second-order valence-corrected chi connectivity index (χ2v) is 2.92. The highest BCUT2D eigenvalue weighted by Gasteiger charge is 2.23. The Morgan fingerprint density at radius 2 is 1.44 bits per heavy atom. The van der Waals surface area contributed by atoms with Crippen LogP contribution in [0, 0.1) is 11.8 Å². The second kappa shape index (κ2) is 3.18. The standard InChI is InChI=1S/C7H16N2/c8-4-6-2-1-3-7(6)5-9/h6-7H,1-5,8-9H2. The molecule has 2 heteroatoms. The van der Waals surface area contributed by atoms with Gasteiger partial charge < -0.3 is 11.5 Å². The molecule has 9 heavy (non-hydrogen) atoms. The van der Waals surface area contributed by atoms with Gasteiger partial charge in [0.15, 0.2) is 0 Å². The van der Waals surface area contributed by atoms with Crippen molar-refractivity contribution in [1.82, 2.24) is 0 Å². The average molecular weight is 128 g/mol. The van der Waals surface area contributed by atoms with Gasteiger partial charge in [-0.2, -0.15) is 0 Å². The molecule has 0 saturated heterocycles. The van der Waals surface area contributed by atoms with Crippen LogP contribution >= 0.6 is 0 Å². The van der Waals surface area contributed by atoms with Crippen LogP contribution in [0.5, 0.6) is 0 Å². The summed E-state index contributed by atoms with van der Waals surface area (Å²) in [5.74, 6) is 1.46. The first-order chi connectivity index (χ1) is 4.38. The Kier molecular flexibility index (Phi) is 2.49. The predicted molar refractivity (Wildman–Crippen MR) is 38.9 cm³/mol. The summed E-state index contributed by atoms with van der Waals surface area (Å²) in [6.07, 6.45) is 3.94. The summed E-state index contributed by atoms with van der Waals surface area (Å²) in [7, 11) is 0. The number of rotatable bonds is 2. The van der Waals surface area contributed by atoms with E-state index in [2.05, 4.69) is 0 Å². The van der Waals surface area contributed by atoms with Crippen molar-refractivity contribution in [2.24, 2.45) is 23.3 Å². The molecule has 1 aliphatic rings. The third kappa shape index (κ3) is 1.43. The summed E-state index contributed by atoms with van der Waals surface area (Å²) in [5, 5.41) is 0. The van der Waals surface area contributed by atoms with Gasteiger partial charge in [-0.05, 0) is 37.8 Å². The van der Waals surface area contributed by atoms with Crippen LogP contribution in [0.1, 0.15) is 19.3 Å². The first-order valence-corrected chi connectivity index (χ1v) is 3.78. The molecule has 0 amide bonds. The Labute approximate surface area is 56.6 Å². The Bertz CT molecular complexity index is 73.0. The quantitative estimate of drug-likeness (QED) is 0.562. The molecule has 0 spiro atoms. The molecule has 0 bridgehead atoms. The van der Waals surface area contributed by atoms with Crippen LogP contribution in [-0.2, 0) is 0 Å². The van der Waals surface area contributed by atoms with Crippen molar-refractivity contribution in [3.8, 4) is 0 Å². The molecule has 1 rings (SSSR count). The van der Waals surface area contributed by atoms with E-state index in [4.69, 9.17) is 11.5 Å². The van der Waals surface area contributed by atoms with E-state index in [9.17, 15) is 0 Å². The second-order valence-electron chi connectivity index (χ2n) is 2.92. The zero-order valence-corrected chi connectivity index (χ0v) is 5.84. The van der Waals surface area contributed by atoms with Gasteiger partial charge in [0.05, 0.1) is 0 Å². The molecule has 1 fully saturated rings. The van der Waals surface area contributed by atoms with E-state index in [1.807, 2.05) is 0 Å². The lowest BCUT2D eigenvalue weighted by molar-refractivity contribution is 0.405. The highest BCUT2D eigenvalue weighted by Crippen LogP contribution is 2.29. The predicted octanol–water partition coefficient (Wildman–Crippen LogP) is 0.320. The molecule has 0 heterocycles. The Hall–Kier alpha value is -0.0800. The van der Waals surface area contributed by atoms with E-state index in [1.54, 1.807) is 0 Å². The van der Waals surface area contributed by atoms with Crippen LogP contribution in [0.25, 0.3) is 0 Å². The molecule has 0 radical (unpaired) electrons. The molecular formula is C7H16N2. The van der Waals surface area contributed by atoms with Gasteiger partial charge in [-0.1, -0.05) is 6.42 Å². The van der Waals surface area contributed by atoms with Gasteiger partial charge in [0.2, 0.25) is 0 Å². The lowest BCUT2D eigenvalue weighted by Crippen LogP contribution is -2.24. The number of nitrogens with two attached hydrogens (primary N) is 2. The van der Waals surface area contributed by atoms with Gasteiger partial charge in [0.25, 0.3) is 0 Å². The first kappa shape index (κ1) is 7.03. The fourth-order valence-corrected chi connectivity index (χ4v) is 1.73. The molecule has 0 aromatic rings. The maximum Gasteiger partial charge on any atom is -0.00457 e. The van der Waals surface area contributed by atoms with Gasteiger partial charge in [0, 0.05) is 0 Å². The van der Waals surface area contributed by atoms with Crippen molar-refractivity contribution in [1.29, 1.82) is 0 Å². The largest absolute Gasteiger partial charge is 0.330 e. The Balaban J connectivity index is 2.32. The maximum absolute atomic E-state index is 5.54. The van der Waals surface area contributed by atoms with Crippen LogP contribution in [0.2, 0.25) is 0 Å². The molecule has 0 aromatic carbocycles. The lowest BCUT2D eigenvalue weighted by Gasteiger charge is -2.14. The van der Waals surface area contributed by atoms with Crippen molar-refractivity contribution >= 4 is 0 Å². The summed E-state index contributed by atoms with van der Waals surface area (Å²) >= 11 is 0. The monoisotopic (exact) mass is 128 g/mol. The summed E-state index contributed by atoms with van der Waals surface area (Å²) < 4.78 is 0. The fourth-order valence-electron chi connectivity index (χ4n) is 1.73. The molecule has 1 aliphatic carbocycles. The maximum atomic E-state index is 5.54. The van der Waals surface area contributed by atoms with Crippen molar-refractivity contribution in [3.63, 3.8) is 0 Å². The summed E-state index contributed by atoms with van der Waals surface area (Å²) in [4.78, 5) is 0. The van der Waals surface area contributed by atoms with Crippen molar-refractivity contribution in [3.05, 3.63) is 0 Å². The summed E-state index contributed by atoms with van der Waals surface area (Å²) in [5.41, 5.74) is 11.1. The molecule has 54 valence electrons. The molecule has 4 N–H and O–H groups in total. The van der Waals surface area contributed by atoms with E-state index in [0.717, 1.165) is 24.9 Å². The van der Waals surface area contributed by atoms with Crippen LogP contribution in [0.15, 0.2) is 0 Å². The van der Waals surface area contributed by atoms with E-state index in [-0.39, 0.29) is 0 Å². The zero-order valence-electron chi connectivity index (χ0n) is 5.84. The minimum atomic E-state index is 0.731.